The Morgan fingerprint density at radius 1 is 1.26 bits per heavy atom. The number of likely N-dealkylation sites (tertiary alicyclic amines) is 1. The van der Waals surface area contributed by atoms with E-state index in [0.29, 0.717) is 11.6 Å². The Morgan fingerprint density at radius 3 is 2.70 bits per heavy atom. The predicted molar refractivity (Wildman–Crippen MR) is 107 cm³/mol. The third-order valence-corrected chi connectivity index (χ3v) is 6.04. The van der Waals surface area contributed by atoms with Gasteiger partial charge in [0.05, 0.1) is 11.9 Å². The number of nitrogens with two attached hydrogens (primary N) is 1. The van der Waals surface area contributed by atoms with E-state index >= 15 is 0 Å². The van der Waals surface area contributed by atoms with Crippen molar-refractivity contribution < 1.29 is 4.79 Å². The Balaban J connectivity index is 1.46. The van der Waals surface area contributed by atoms with Gasteiger partial charge in [0.1, 0.15) is 10.7 Å². The van der Waals surface area contributed by atoms with Gasteiger partial charge < -0.3 is 10.6 Å². The fourth-order valence-electron chi connectivity index (χ4n) is 3.45. The predicted octanol–water partition coefficient (Wildman–Crippen LogP) is 3.20. The van der Waals surface area contributed by atoms with E-state index in [-0.39, 0.29) is 11.9 Å². The molecule has 0 bridgehead atoms. The monoisotopic (exact) mass is 381 g/mol. The summed E-state index contributed by atoms with van der Waals surface area (Å²) in [5.74, 6) is 0.514. The number of nitrogens with zero attached hydrogens (tertiary/aromatic N) is 4. The minimum atomic E-state index is 0.0103. The summed E-state index contributed by atoms with van der Waals surface area (Å²) in [5.41, 5.74) is 8.41. The van der Waals surface area contributed by atoms with Gasteiger partial charge in [0.15, 0.2) is 0 Å². The Labute approximate surface area is 162 Å². The summed E-state index contributed by atoms with van der Waals surface area (Å²) in [7, 11) is 0. The highest BCUT2D eigenvalue weighted by molar-refractivity contribution is 7.13. The number of rotatable bonds is 4. The first-order valence-corrected chi connectivity index (χ1v) is 10.1. The maximum absolute atomic E-state index is 12.8. The van der Waals surface area contributed by atoms with Crippen molar-refractivity contribution in [2.75, 3.05) is 13.1 Å². The largest absolute Gasteiger partial charge is 0.337 e. The van der Waals surface area contributed by atoms with Crippen LogP contribution in [0.3, 0.4) is 0 Å². The molecule has 0 aliphatic carbocycles. The fourth-order valence-corrected chi connectivity index (χ4v) is 4.22. The second-order valence-corrected chi connectivity index (χ2v) is 7.89. The molecule has 0 radical (unpaired) electrons. The molecule has 3 heterocycles. The topological polar surface area (TPSA) is 77.0 Å². The number of hydrogen-bond acceptors (Lipinski definition) is 5. The second-order valence-electron chi connectivity index (χ2n) is 7.04. The third kappa shape index (κ3) is 3.79. The number of aromatic nitrogens is 3. The lowest BCUT2D eigenvalue weighted by Gasteiger charge is -2.33. The van der Waals surface area contributed by atoms with Crippen LogP contribution >= 0.6 is 11.3 Å². The molecule has 0 spiro atoms. The smallest absolute Gasteiger partial charge is 0.273 e. The third-order valence-electron chi connectivity index (χ3n) is 5.14. The van der Waals surface area contributed by atoms with Gasteiger partial charge in [-0.25, -0.2) is 9.67 Å². The summed E-state index contributed by atoms with van der Waals surface area (Å²) in [6.07, 6.45) is 5.65. The molecule has 1 fully saturated rings. The van der Waals surface area contributed by atoms with Crippen LogP contribution in [0.2, 0.25) is 0 Å². The molecule has 1 amide bonds. The first-order chi connectivity index (χ1) is 13.1. The summed E-state index contributed by atoms with van der Waals surface area (Å²) in [6, 6.07) is 10.1. The molecule has 1 aromatic carbocycles. The molecule has 1 aliphatic rings. The normalized spacial score (nSPS) is 16.4. The van der Waals surface area contributed by atoms with Gasteiger partial charge in [-0.2, -0.15) is 5.10 Å². The van der Waals surface area contributed by atoms with Crippen molar-refractivity contribution >= 4 is 17.2 Å². The molecule has 2 N–H and O–H groups in total. The molecule has 2 aromatic heterocycles. The van der Waals surface area contributed by atoms with Crippen LogP contribution in [0.25, 0.3) is 16.3 Å². The zero-order chi connectivity index (χ0) is 18.8. The second kappa shape index (κ2) is 7.62. The van der Waals surface area contributed by atoms with Crippen LogP contribution in [0.5, 0.6) is 0 Å². The van der Waals surface area contributed by atoms with E-state index in [1.165, 1.54) is 11.3 Å². The lowest BCUT2D eigenvalue weighted by atomic mass is 9.91. The Hall–Kier alpha value is -2.51. The standard InChI is InChI=1S/C20H23N5OS/c1-14(21)15-7-9-24(10-8-15)20(26)18-13-27-19(23-18)16-11-22-25(12-16)17-5-3-2-4-6-17/h2-6,11-15H,7-10,21H2,1H3. The zero-order valence-corrected chi connectivity index (χ0v) is 16.1. The Bertz CT molecular complexity index is 909. The van der Waals surface area contributed by atoms with Gasteiger partial charge in [-0.15, -0.1) is 11.3 Å². The zero-order valence-electron chi connectivity index (χ0n) is 15.3. The lowest BCUT2D eigenvalue weighted by molar-refractivity contribution is 0.0676. The van der Waals surface area contributed by atoms with Gasteiger partial charge in [0.2, 0.25) is 0 Å². The molecule has 6 nitrogen and oxygen atoms in total. The molecular formula is C20H23N5OS. The van der Waals surface area contributed by atoms with Crippen LogP contribution in [0.1, 0.15) is 30.3 Å². The van der Waals surface area contributed by atoms with E-state index in [1.54, 1.807) is 6.20 Å². The van der Waals surface area contributed by atoms with Crippen molar-refractivity contribution in [1.82, 2.24) is 19.7 Å². The molecule has 1 saturated heterocycles. The number of benzene rings is 1. The molecule has 0 saturated carbocycles. The van der Waals surface area contributed by atoms with Crippen molar-refractivity contribution in [3.63, 3.8) is 0 Å². The number of carbonyl (C=O) groups is 1. The molecular weight excluding hydrogens is 358 g/mol. The first-order valence-electron chi connectivity index (χ1n) is 9.22. The Kier molecular flexibility index (Phi) is 5.05. The van der Waals surface area contributed by atoms with Crippen LogP contribution in [-0.2, 0) is 0 Å². The van der Waals surface area contributed by atoms with Gasteiger partial charge >= 0.3 is 0 Å². The average Bonchev–Trinajstić information content (AvgIpc) is 3.38. The van der Waals surface area contributed by atoms with Crippen molar-refractivity contribution in [1.29, 1.82) is 0 Å². The Morgan fingerprint density at radius 2 is 2.00 bits per heavy atom. The van der Waals surface area contributed by atoms with Crippen LogP contribution in [0.4, 0.5) is 0 Å². The minimum absolute atomic E-state index is 0.0103. The van der Waals surface area contributed by atoms with Crippen molar-refractivity contribution in [2.45, 2.75) is 25.8 Å². The highest BCUT2D eigenvalue weighted by Crippen LogP contribution is 2.26. The van der Waals surface area contributed by atoms with E-state index in [9.17, 15) is 4.79 Å². The van der Waals surface area contributed by atoms with E-state index in [2.05, 4.69) is 10.1 Å². The number of amides is 1. The maximum Gasteiger partial charge on any atom is 0.273 e. The summed E-state index contributed by atoms with van der Waals surface area (Å²) >= 11 is 1.48. The minimum Gasteiger partial charge on any atom is -0.337 e. The quantitative estimate of drug-likeness (QED) is 0.753. The van der Waals surface area contributed by atoms with Gasteiger partial charge in [0, 0.05) is 36.3 Å². The molecule has 27 heavy (non-hydrogen) atoms. The molecule has 1 atom stereocenters. The number of piperidine rings is 1. The highest BCUT2D eigenvalue weighted by atomic mass is 32.1. The van der Waals surface area contributed by atoms with Crippen LogP contribution in [0, 0.1) is 5.92 Å². The number of para-hydroxylation sites is 1. The van der Waals surface area contributed by atoms with Crippen molar-refractivity contribution in [2.24, 2.45) is 11.7 Å². The van der Waals surface area contributed by atoms with E-state index in [0.717, 1.165) is 42.2 Å². The number of hydrogen-bond donors (Lipinski definition) is 1. The number of thiazole rings is 1. The fraction of sp³-hybridized carbons (Fsp3) is 0.350. The summed E-state index contributed by atoms with van der Waals surface area (Å²) < 4.78 is 1.82. The molecule has 4 rings (SSSR count). The van der Waals surface area contributed by atoms with Crippen molar-refractivity contribution in [3.8, 4) is 16.3 Å². The molecule has 1 unspecified atom stereocenters. The van der Waals surface area contributed by atoms with Gasteiger partial charge in [-0.1, -0.05) is 18.2 Å². The SMILES string of the molecule is CC(N)C1CCN(C(=O)c2csc(-c3cnn(-c4ccccc4)c3)n2)CC1. The molecule has 3 aromatic rings. The molecule has 140 valence electrons. The van der Waals surface area contributed by atoms with Crippen LogP contribution < -0.4 is 5.73 Å². The highest BCUT2D eigenvalue weighted by Gasteiger charge is 2.26. The number of carbonyl (C=O) groups excluding carboxylic acids is 1. The van der Waals surface area contributed by atoms with E-state index < -0.39 is 0 Å². The first kappa shape index (κ1) is 17.9. The van der Waals surface area contributed by atoms with Crippen molar-refractivity contribution in [3.05, 3.63) is 53.8 Å². The van der Waals surface area contributed by atoms with E-state index in [1.807, 2.05) is 58.4 Å². The summed E-state index contributed by atoms with van der Waals surface area (Å²) in [6.45, 7) is 3.55. The molecule has 1 aliphatic heterocycles. The van der Waals surface area contributed by atoms with Gasteiger partial charge in [-0.3, -0.25) is 4.79 Å². The van der Waals surface area contributed by atoms with E-state index in [4.69, 9.17) is 5.73 Å². The lowest BCUT2D eigenvalue weighted by Crippen LogP contribution is -2.42. The average molecular weight is 382 g/mol. The summed E-state index contributed by atoms with van der Waals surface area (Å²) in [5, 5.41) is 7.06. The van der Waals surface area contributed by atoms with Crippen LogP contribution in [-0.4, -0.2) is 44.7 Å². The summed E-state index contributed by atoms with van der Waals surface area (Å²) in [4.78, 5) is 19.2. The maximum atomic E-state index is 12.8. The van der Waals surface area contributed by atoms with Gasteiger partial charge in [0.25, 0.3) is 5.91 Å². The molecule has 7 heteroatoms. The van der Waals surface area contributed by atoms with Gasteiger partial charge in [-0.05, 0) is 37.8 Å². The van der Waals surface area contributed by atoms with Crippen LogP contribution in [0.15, 0.2) is 48.1 Å².